The molecule has 2 N–H and O–H groups in total. The topological polar surface area (TPSA) is 74.4 Å². The fourth-order valence-electron chi connectivity index (χ4n) is 3.80. The van der Waals surface area contributed by atoms with E-state index in [4.69, 9.17) is 4.74 Å². The molecule has 6 nitrogen and oxygen atoms in total. The van der Waals surface area contributed by atoms with E-state index in [9.17, 15) is 9.59 Å². The molecule has 0 saturated carbocycles. The van der Waals surface area contributed by atoms with Crippen LogP contribution in [0, 0.1) is 13.8 Å². The van der Waals surface area contributed by atoms with Gasteiger partial charge in [0, 0.05) is 24.8 Å². The van der Waals surface area contributed by atoms with Gasteiger partial charge in [-0.3, -0.25) is 9.69 Å². The molecule has 1 amide bonds. The number of carbonyl (C=O) groups is 2. The summed E-state index contributed by atoms with van der Waals surface area (Å²) < 4.78 is 4.81. The number of rotatable bonds is 5. The molecule has 0 spiro atoms. The van der Waals surface area contributed by atoms with E-state index in [1.54, 1.807) is 13.8 Å². The largest absolute Gasteiger partial charge is 0.465 e. The second kappa shape index (κ2) is 8.39. The Labute approximate surface area is 159 Å². The standard InChI is InChI=1S/C21H27N3O3/c1-14-18(21(26)27-3)15(2)22-19(14)20(25)23-17-10-7-11-24(13-17)12-16-8-5-4-6-9-16/h4-6,8-9,17,22H,7,10-13H2,1-3H3,(H,23,25). The minimum Gasteiger partial charge on any atom is -0.465 e. The predicted octanol–water partition coefficient (Wildman–Crippen LogP) is 2.81. The Morgan fingerprint density at radius 2 is 2.00 bits per heavy atom. The molecule has 0 aliphatic carbocycles. The summed E-state index contributed by atoms with van der Waals surface area (Å²) >= 11 is 0. The van der Waals surface area contributed by atoms with E-state index in [1.807, 2.05) is 18.2 Å². The van der Waals surface area contributed by atoms with Crippen molar-refractivity contribution >= 4 is 11.9 Å². The lowest BCUT2D eigenvalue weighted by Gasteiger charge is -2.33. The van der Waals surface area contributed by atoms with Gasteiger partial charge >= 0.3 is 5.97 Å². The molecule has 6 heteroatoms. The normalized spacial score (nSPS) is 17.5. The molecule has 1 aromatic heterocycles. The molecule has 2 heterocycles. The first kappa shape index (κ1) is 19.2. The first-order chi connectivity index (χ1) is 13.0. The maximum atomic E-state index is 12.8. The molecule has 1 saturated heterocycles. The lowest BCUT2D eigenvalue weighted by Crippen LogP contribution is -2.47. The van der Waals surface area contributed by atoms with Crippen LogP contribution in [0.2, 0.25) is 0 Å². The van der Waals surface area contributed by atoms with Gasteiger partial charge in [-0.1, -0.05) is 30.3 Å². The third-order valence-electron chi connectivity index (χ3n) is 5.14. The second-order valence-corrected chi connectivity index (χ2v) is 7.15. The number of benzene rings is 1. The Hall–Kier alpha value is -2.60. The Morgan fingerprint density at radius 3 is 2.70 bits per heavy atom. The van der Waals surface area contributed by atoms with E-state index in [0.717, 1.165) is 32.5 Å². The van der Waals surface area contributed by atoms with Crippen LogP contribution in [0.4, 0.5) is 0 Å². The number of esters is 1. The molecule has 27 heavy (non-hydrogen) atoms. The molecule has 1 atom stereocenters. The lowest BCUT2D eigenvalue weighted by atomic mass is 10.0. The lowest BCUT2D eigenvalue weighted by molar-refractivity contribution is 0.0599. The monoisotopic (exact) mass is 369 g/mol. The highest BCUT2D eigenvalue weighted by atomic mass is 16.5. The first-order valence-corrected chi connectivity index (χ1v) is 9.34. The van der Waals surface area contributed by atoms with E-state index < -0.39 is 5.97 Å². The van der Waals surface area contributed by atoms with Crippen molar-refractivity contribution in [1.29, 1.82) is 0 Å². The number of carbonyl (C=O) groups excluding carboxylic acids is 2. The SMILES string of the molecule is COC(=O)c1c(C)[nH]c(C(=O)NC2CCCN(Cc3ccccc3)C2)c1C. The Kier molecular flexibility index (Phi) is 5.96. The smallest absolute Gasteiger partial charge is 0.339 e. The van der Waals surface area contributed by atoms with Crippen molar-refractivity contribution in [1.82, 2.24) is 15.2 Å². The first-order valence-electron chi connectivity index (χ1n) is 9.34. The molecule has 2 aromatic rings. The van der Waals surface area contributed by atoms with E-state index in [-0.39, 0.29) is 11.9 Å². The predicted molar refractivity (Wildman–Crippen MR) is 104 cm³/mol. The van der Waals surface area contributed by atoms with Crippen LogP contribution in [0.5, 0.6) is 0 Å². The molecule has 1 unspecified atom stereocenters. The van der Waals surface area contributed by atoms with Crippen molar-refractivity contribution in [2.24, 2.45) is 0 Å². The van der Waals surface area contributed by atoms with Crippen LogP contribution < -0.4 is 5.32 Å². The molecule has 1 aliphatic heterocycles. The zero-order valence-electron chi connectivity index (χ0n) is 16.2. The molecule has 144 valence electrons. The zero-order chi connectivity index (χ0) is 19.4. The highest BCUT2D eigenvalue weighted by Crippen LogP contribution is 2.20. The maximum Gasteiger partial charge on any atom is 0.339 e. The fraction of sp³-hybridized carbons (Fsp3) is 0.429. The van der Waals surface area contributed by atoms with Gasteiger partial charge in [0.05, 0.1) is 12.7 Å². The molecule has 3 rings (SSSR count). The Balaban J connectivity index is 1.65. The van der Waals surface area contributed by atoms with Crippen LogP contribution in [-0.4, -0.2) is 48.0 Å². The van der Waals surface area contributed by atoms with Crippen molar-refractivity contribution in [2.75, 3.05) is 20.2 Å². The number of likely N-dealkylation sites (tertiary alicyclic amines) is 1. The number of aromatic nitrogens is 1. The number of piperidine rings is 1. The van der Waals surface area contributed by atoms with Crippen LogP contribution in [0.3, 0.4) is 0 Å². The van der Waals surface area contributed by atoms with E-state index in [0.29, 0.717) is 22.5 Å². The number of nitrogens with zero attached hydrogens (tertiary/aromatic N) is 1. The van der Waals surface area contributed by atoms with Crippen LogP contribution in [0.15, 0.2) is 30.3 Å². The van der Waals surface area contributed by atoms with Crippen molar-refractivity contribution in [2.45, 2.75) is 39.3 Å². The fourth-order valence-corrected chi connectivity index (χ4v) is 3.80. The summed E-state index contributed by atoms with van der Waals surface area (Å²) in [6.45, 7) is 6.30. The summed E-state index contributed by atoms with van der Waals surface area (Å²) in [7, 11) is 1.34. The summed E-state index contributed by atoms with van der Waals surface area (Å²) in [5.74, 6) is -0.593. The molecule has 1 fully saturated rings. The van der Waals surface area contributed by atoms with Gasteiger partial charge in [0.15, 0.2) is 0 Å². The van der Waals surface area contributed by atoms with Gasteiger partial charge < -0.3 is 15.0 Å². The molecule has 1 aliphatic rings. The number of methoxy groups -OCH3 is 1. The van der Waals surface area contributed by atoms with Gasteiger partial charge in [-0.05, 0) is 44.4 Å². The summed E-state index contributed by atoms with van der Waals surface area (Å²) in [6, 6.07) is 10.5. The van der Waals surface area contributed by atoms with Crippen LogP contribution in [0.1, 0.15) is 50.5 Å². The summed E-state index contributed by atoms with van der Waals surface area (Å²) in [5, 5.41) is 3.13. The van der Waals surface area contributed by atoms with Crippen molar-refractivity contribution in [3.05, 3.63) is 58.4 Å². The summed E-state index contributed by atoms with van der Waals surface area (Å²) in [6.07, 6.45) is 2.01. The molecule has 0 bridgehead atoms. The van der Waals surface area contributed by atoms with Crippen molar-refractivity contribution in [3.63, 3.8) is 0 Å². The molecular formula is C21H27N3O3. The Bertz CT molecular complexity index is 814. The highest BCUT2D eigenvalue weighted by Gasteiger charge is 2.26. The van der Waals surface area contributed by atoms with Crippen LogP contribution in [-0.2, 0) is 11.3 Å². The number of hydrogen-bond acceptors (Lipinski definition) is 4. The average Bonchev–Trinajstić information content (AvgIpc) is 2.96. The average molecular weight is 369 g/mol. The molecule has 0 radical (unpaired) electrons. The summed E-state index contributed by atoms with van der Waals surface area (Å²) in [5.41, 5.74) is 3.45. The second-order valence-electron chi connectivity index (χ2n) is 7.15. The zero-order valence-corrected chi connectivity index (χ0v) is 16.2. The van der Waals surface area contributed by atoms with E-state index in [2.05, 4.69) is 27.3 Å². The molecular weight excluding hydrogens is 342 g/mol. The summed E-state index contributed by atoms with van der Waals surface area (Å²) in [4.78, 5) is 30.1. The van der Waals surface area contributed by atoms with E-state index in [1.165, 1.54) is 12.7 Å². The number of H-pyrrole nitrogens is 1. The van der Waals surface area contributed by atoms with Gasteiger partial charge in [0.2, 0.25) is 0 Å². The third kappa shape index (κ3) is 4.39. The number of ether oxygens (including phenoxy) is 1. The molecule has 1 aromatic carbocycles. The quantitative estimate of drug-likeness (QED) is 0.795. The van der Waals surface area contributed by atoms with Gasteiger partial charge in [0.1, 0.15) is 5.69 Å². The number of nitrogens with one attached hydrogen (secondary N) is 2. The van der Waals surface area contributed by atoms with Crippen LogP contribution >= 0.6 is 0 Å². The Morgan fingerprint density at radius 1 is 1.26 bits per heavy atom. The number of aryl methyl sites for hydroxylation is 1. The van der Waals surface area contributed by atoms with Gasteiger partial charge in [0.25, 0.3) is 5.91 Å². The van der Waals surface area contributed by atoms with Crippen molar-refractivity contribution < 1.29 is 14.3 Å². The highest BCUT2D eigenvalue weighted by molar-refractivity contribution is 6.00. The number of hydrogen-bond donors (Lipinski definition) is 2. The van der Waals surface area contributed by atoms with E-state index >= 15 is 0 Å². The minimum atomic E-state index is -0.424. The van der Waals surface area contributed by atoms with Gasteiger partial charge in [-0.25, -0.2) is 4.79 Å². The van der Waals surface area contributed by atoms with Gasteiger partial charge in [-0.2, -0.15) is 0 Å². The van der Waals surface area contributed by atoms with Crippen molar-refractivity contribution in [3.8, 4) is 0 Å². The third-order valence-corrected chi connectivity index (χ3v) is 5.14. The number of aromatic amines is 1. The van der Waals surface area contributed by atoms with Gasteiger partial charge in [-0.15, -0.1) is 0 Å². The maximum absolute atomic E-state index is 12.8. The number of amides is 1. The van der Waals surface area contributed by atoms with Crippen LogP contribution in [0.25, 0.3) is 0 Å². The minimum absolute atomic E-state index is 0.0968.